The summed E-state index contributed by atoms with van der Waals surface area (Å²) in [6.07, 6.45) is 2.91. The van der Waals surface area contributed by atoms with Crippen LogP contribution in [0.1, 0.15) is 12.0 Å². The van der Waals surface area contributed by atoms with Crippen molar-refractivity contribution < 1.29 is 14.7 Å². The third-order valence-electron chi connectivity index (χ3n) is 4.39. The van der Waals surface area contributed by atoms with E-state index in [1.54, 1.807) is 24.4 Å². The lowest BCUT2D eigenvalue weighted by Gasteiger charge is -2.12. The number of thioether (sulfide) groups is 1. The minimum absolute atomic E-state index is 0.0160. The molecular formula is C21H15N3O4S3. The summed E-state index contributed by atoms with van der Waals surface area (Å²) >= 11 is 7.62. The van der Waals surface area contributed by atoms with Crippen molar-refractivity contribution in [2.75, 3.05) is 6.54 Å². The Morgan fingerprint density at radius 2 is 1.90 bits per heavy atom. The molecule has 156 valence electrons. The molecule has 0 saturated carbocycles. The van der Waals surface area contributed by atoms with Crippen LogP contribution in [0.4, 0.5) is 0 Å². The molecule has 0 atom stereocenters. The molecule has 7 nitrogen and oxygen atoms in total. The van der Waals surface area contributed by atoms with Crippen molar-refractivity contribution in [1.29, 1.82) is 0 Å². The molecule has 0 aliphatic carbocycles. The van der Waals surface area contributed by atoms with E-state index in [-0.39, 0.29) is 33.3 Å². The van der Waals surface area contributed by atoms with Gasteiger partial charge in [-0.1, -0.05) is 60.0 Å². The van der Waals surface area contributed by atoms with Crippen molar-refractivity contribution in [1.82, 2.24) is 14.3 Å². The molecule has 1 aromatic carbocycles. The van der Waals surface area contributed by atoms with Gasteiger partial charge in [0.15, 0.2) is 0 Å². The summed E-state index contributed by atoms with van der Waals surface area (Å²) in [6.45, 7) is -0.0160. The maximum Gasteiger partial charge on any atom is 0.305 e. The first-order valence-corrected chi connectivity index (χ1v) is 11.2. The van der Waals surface area contributed by atoms with Crippen LogP contribution in [0, 0.1) is 0 Å². The number of rotatable bonds is 6. The first-order valence-electron chi connectivity index (χ1n) is 9.15. The minimum Gasteiger partial charge on any atom is -0.481 e. The summed E-state index contributed by atoms with van der Waals surface area (Å²) in [6, 6.07) is 14.8. The summed E-state index contributed by atoms with van der Waals surface area (Å²) < 4.78 is 1.69. The van der Waals surface area contributed by atoms with E-state index >= 15 is 0 Å². The van der Waals surface area contributed by atoms with Crippen LogP contribution in [0.3, 0.4) is 0 Å². The second-order valence-electron chi connectivity index (χ2n) is 6.46. The Morgan fingerprint density at radius 1 is 1.16 bits per heavy atom. The van der Waals surface area contributed by atoms with Crippen molar-refractivity contribution in [3.63, 3.8) is 0 Å². The number of amides is 1. The van der Waals surface area contributed by atoms with Crippen molar-refractivity contribution in [2.45, 2.75) is 16.3 Å². The monoisotopic (exact) mass is 469 g/mol. The molecule has 0 spiro atoms. The fourth-order valence-electron chi connectivity index (χ4n) is 2.92. The molecule has 0 bridgehead atoms. The van der Waals surface area contributed by atoms with E-state index < -0.39 is 11.9 Å². The van der Waals surface area contributed by atoms with Crippen LogP contribution >= 0.6 is 35.7 Å². The number of nitrogens with zero attached hydrogens (tertiary/aromatic N) is 3. The molecule has 2 aromatic heterocycles. The zero-order chi connectivity index (χ0) is 22.0. The van der Waals surface area contributed by atoms with E-state index in [2.05, 4.69) is 4.98 Å². The summed E-state index contributed by atoms with van der Waals surface area (Å²) in [7, 11) is 0. The van der Waals surface area contributed by atoms with Crippen LogP contribution in [0.5, 0.6) is 0 Å². The molecule has 31 heavy (non-hydrogen) atoms. The number of benzene rings is 1. The van der Waals surface area contributed by atoms with E-state index in [0.29, 0.717) is 10.7 Å². The Labute approximate surface area is 190 Å². The molecule has 1 saturated heterocycles. The molecule has 1 N–H and O–H groups in total. The highest BCUT2D eigenvalue weighted by atomic mass is 32.2. The second kappa shape index (κ2) is 9.04. The Bertz CT molecular complexity index is 1290. The number of pyridine rings is 1. The van der Waals surface area contributed by atoms with Gasteiger partial charge >= 0.3 is 5.97 Å². The van der Waals surface area contributed by atoms with Gasteiger partial charge in [0.2, 0.25) is 0 Å². The third kappa shape index (κ3) is 4.55. The van der Waals surface area contributed by atoms with Crippen LogP contribution < -0.4 is 5.56 Å². The van der Waals surface area contributed by atoms with Gasteiger partial charge in [-0.25, -0.2) is 4.98 Å². The van der Waals surface area contributed by atoms with Gasteiger partial charge in [0.05, 0.1) is 16.9 Å². The quantitative estimate of drug-likeness (QED) is 0.333. The largest absolute Gasteiger partial charge is 0.481 e. The second-order valence-corrected chi connectivity index (χ2v) is 9.19. The lowest BCUT2D eigenvalue weighted by Crippen LogP contribution is -2.30. The number of fused-ring (bicyclic) bond motifs is 1. The Balaban J connectivity index is 1.79. The molecule has 10 heteroatoms. The standard InChI is InChI=1S/C21H15N3O4S3/c25-17(26)9-11-24-20(28)15(31-21(24)29)12-14-18(30-13-6-2-1-3-7-13)22-16-8-4-5-10-23(16)19(14)27/h1-8,10,12H,9,11H2,(H,25,26)/b15-12+. The summed E-state index contributed by atoms with van der Waals surface area (Å²) in [5, 5.41) is 9.37. The number of aromatic nitrogens is 2. The number of carboxylic acid groups (broad SMARTS) is 1. The predicted octanol–water partition coefficient (Wildman–Crippen LogP) is 3.52. The van der Waals surface area contributed by atoms with Crippen LogP contribution in [0.2, 0.25) is 0 Å². The topological polar surface area (TPSA) is 92.0 Å². The molecule has 0 unspecified atom stereocenters. The van der Waals surface area contributed by atoms with Gasteiger partial charge < -0.3 is 5.11 Å². The van der Waals surface area contributed by atoms with Gasteiger partial charge in [0.1, 0.15) is 15.0 Å². The maximum atomic E-state index is 13.2. The van der Waals surface area contributed by atoms with Gasteiger partial charge in [0.25, 0.3) is 11.5 Å². The molecule has 1 aliphatic rings. The first-order chi connectivity index (χ1) is 14.9. The average molecular weight is 470 g/mol. The van der Waals surface area contributed by atoms with E-state index in [1.807, 2.05) is 30.3 Å². The molecule has 3 heterocycles. The van der Waals surface area contributed by atoms with E-state index in [0.717, 1.165) is 16.7 Å². The highest BCUT2D eigenvalue weighted by Crippen LogP contribution is 2.35. The highest BCUT2D eigenvalue weighted by Gasteiger charge is 2.32. The van der Waals surface area contributed by atoms with Crippen LogP contribution in [-0.2, 0) is 9.59 Å². The summed E-state index contributed by atoms with van der Waals surface area (Å²) in [4.78, 5) is 43.9. The first kappa shape index (κ1) is 21.3. The summed E-state index contributed by atoms with van der Waals surface area (Å²) in [5.74, 6) is -1.43. The van der Waals surface area contributed by atoms with Crippen LogP contribution in [0.25, 0.3) is 11.7 Å². The van der Waals surface area contributed by atoms with E-state index in [1.165, 1.54) is 27.1 Å². The SMILES string of the molecule is O=C(O)CCN1C(=O)/C(=C\c2c(Sc3ccccc3)nc3ccccn3c2=O)SC1=S. The fraction of sp³-hybridized carbons (Fsp3) is 0.0952. The Morgan fingerprint density at radius 3 is 2.65 bits per heavy atom. The lowest BCUT2D eigenvalue weighted by molar-refractivity contribution is -0.137. The molecule has 3 aromatic rings. The van der Waals surface area contributed by atoms with Gasteiger partial charge in [-0.15, -0.1) is 0 Å². The number of carboxylic acids is 1. The Kier molecular flexibility index (Phi) is 6.21. The molecule has 0 radical (unpaired) electrons. The smallest absolute Gasteiger partial charge is 0.305 e. The minimum atomic E-state index is -1.02. The lowest BCUT2D eigenvalue weighted by atomic mass is 10.2. The van der Waals surface area contributed by atoms with Crippen LogP contribution in [0.15, 0.2) is 74.3 Å². The van der Waals surface area contributed by atoms with Gasteiger partial charge in [0, 0.05) is 17.6 Å². The van der Waals surface area contributed by atoms with Crippen LogP contribution in [-0.4, -0.2) is 42.1 Å². The van der Waals surface area contributed by atoms with Crippen molar-refractivity contribution in [3.8, 4) is 0 Å². The fourth-order valence-corrected chi connectivity index (χ4v) is 5.12. The average Bonchev–Trinajstić information content (AvgIpc) is 3.02. The molecule has 1 aliphatic heterocycles. The van der Waals surface area contributed by atoms with Crippen molar-refractivity contribution in [2.24, 2.45) is 0 Å². The third-order valence-corrected chi connectivity index (χ3v) is 6.78. The number of hydrogen-bond acceptors (Lipinski definition) is 7. The zero-order valence-corrected chi connectivity index (χ0v) is 18.4. The van der Waals surface area contributed by atoms with Crippen molar-refractivity contribution in [3.05, 3.63) is 75.6 Å². The van der Waals surface area contributed by atoms with Crippen molar-refractivity contribution >= 4 is 63.7 Å². The number of hydrogen-bond donors (Lipinski definition) is 1. The van der Waals surface area contributed by atoms with Gasteiger partial charge in [-0.2, -0.15) is 0 Å². The number of aliphatic carboxylic acids is 1. The highest BCUT2D eigenvalue weighted by molar-refractivity contribution is 8.26. The van der Waals surface area contributed by atoms with E-state index in [9.17, 15) is 14.4 Å². The number of thiocarbonyl (C=S) groups is 1. The predicted molar refractivity (Wildman–Crippen MR) is 124 cm³/mol. The zero-order valence-electron chi connectivity index (χ0n) is 15.9. The number of carbonyl (C=O) groups excluding carboxylic acids is 1. The van der Waals surface area contributed by atoms with E-state index in [4.69, 9.17) is 17.3 Å². The Hall–Kier alpha value is -2.95. The molecular weight excluding hydrogens is 454 g/mol. The number of carbonyl (C=O) groups is 2. The maximum absolute atomic E-state index is 13.2. The molecule has 1 fully saturated rings. The van der Waals surface area contributed by atoms with Gasteiger partial charge in [-0.3, -0.25) is 23.7 Å². The molecule has 1 amide bonds. The normalized spacial score (nSPS) is 15.2. The summed E-state index contributed by atoms with van der Waals surface area (Å²) in [5.41, 5.74) is 0.466. The molecule has 4 rings (SSSR count). The van der Waals surface area contributed by atoms with Gasteiger partial charge in [-0.05, 0) is 30.3 Å².